The third-order valence-corrected chi connectivity index (χ3v) is 3.96. The van der Waals surface area contributed by atoms with E-state index in [0.717, 1.165) is 16.2 Å². The Morgan fingerprint density at radius 3 is 2.00 bits per heavy atom. The third-order valence-electron chi connectivity index (χ3n) is 3.96. The van der Waals surface area contributed by atoms with Crippen molar-refractivity contribution in [2.24, 2.45) is 7.05 Å². The molecule has 0 saturated carbocycles. The molecule has 2 aromatic carbocycles. The number of hydrogen-bond donors (Lipinski definition) is 0. The summed E-state index contributed by atoms with van der Waals surface area (Å²) in [6.45, 7) is 0. The fourth-order valence-corrected chi connectivity index (χ4v) is 2.84. The number of fused-ring (bicyclic) bond motifs is 1. The summed E-state index contributed by atoms with van der Waals surface area (Å²) in [7, 11) is 1.80. The molecule has 2 amide bonds. The molecule has 5 heteroatoms. The van der Waals surface area contributed by atoms with Gasteiger partial charge in [0.1, 0.15) is 0 Å². The summed E-state index contributed by atoms with van der Waals surface area (Å²) in [5.41, 5.74) is 2.66. The van der Waals surface area contributed by atoms with Gasteiger partial charge in [0.15, 0.2) is 5.82 Å². The Morgan fingerprint density at radius 2 is 1.39 bits per heavy atom. The van der Waals surface area contributed by atoms with Gasteiger partial charge in [0.2, 0.25) is 0 Å². The Bertz CT molecular complexity index is 893. The lowest BCUT2D eigenvalue weighted by molar-refractivity contribution is 0.0925. The van der Waals surface area contributed by atoms with Crippen LogP contribution in [0.2, 0.25) is 0 Å². The summed E-state index contributed by atoms with van der Waals surface area (Å²) in [5.74, 6) is -0.316. The van der Waals surface area contributed by atoms with E-state index in [4.69, 9.17) is 0 Å². The first-order chi connectivity index (χ1) is 11.2. The summed E-state index contributed by atoms with van der Waals surface area (Å²) in [6, 6.07) is 18.3. The van der Waals surface area contributed by atoms with Gasteiger partial charge in [-0.15, -0.1) is 0 Å². The Kier molecular flexibility index (Phi) is 2.87. The van der Waals surface area contributed by atoms with E-state index in [2.05, 4.69) is 5.10 Å². The standard InChI is InChI=1S/C18H13N3O2/c1-20-15(12-7-3-2-4-8-12)11-16(19-20)21-17(22)13-9-5-6-10-14(13)18(21)23/h2-11H,1H3. The van der Waals surface area contributed by atoms with Gasteiger partial charge in [0.25, 0.3) is 11.8 Å². The molecule has 0 aliphatic carbocycles. The van der Waals surface area contributed by atoms with Crippen LogP contribution < -0.4 is 4.90 Å². The second kappa shape index (κ2) is 4.91. The van der Waals surface area contributed by atoms with Crippen molar-refractivity contribution in [2.75, 3.05) is 4.90 Å². The van der Waals surface area contributed by atoms with Gasteiger partial charge in [-0.1, -0.05) is 42.5 Å². The minimum absolute atomic E-state index is 0.330. The van der Waals surface area contributed by atoms with E-state index in [9.17, 15) is 9.59 Å². The number of imide groups is 1. The first-order valence-electron chi connectivity index (χ1n) is 7.24. The largest absolute Gasteiger partial charge is 0.268 e. The maximum Gasteiger partial charge on any atom is 0.267 e. The summed E-state index contributed by atoms with van der Waals surface area (Å²) >= 11 is 0. The SMILES string of the molecule is Cn1nc(N2C(=O)c3ccccc3C2=O)cc1-c1ccccc1. The zero-order valence-electron chi connectivity index (χ0n) is 12.4. The average Bonchev–Trinajstić information content (AvgIpc) is 3.07. The summed E-state index contributed by atoms with van der Waals surface area (Å²) in [6.07, 6.45) is 0. The van der Waals surface area contributed by atoms with Crippen LogP contribution >= 0.6 is 0 Å². The van der Waals surface area contributed by atoms with Crippen molar-refractivity contribution >= 4 is 17.6 Å². The van der Waals surface area contributed by atoms with Gasteiger partial charge >= 0.3 is 0 Å². The molecule has 1 aliphatic rings. The van der Waals surface area contributed by atoms with Crippen molar-refractivity contribution in [3.05, 3.63) is 71.8 Å². The van der Waals surface area contributed by atoms with Crippen molar-refractivity contribution in [2.45, 2.75) is 0 Å². The van der Waals surface area contributed by atoms with Crippen LogP contribution in [0.15, 0.2) is 60.7 Å². The Balaban J connectivity index is 1.79. The van der Waals surface area contributed by atoms with Crippen LogP contribution in [0.1, 0.15) is 20.7 Å². The molecule has 0 fully saturated rings. The molecule has 0 unspecified atom stereocenters. The van der Waals surface area contributed by atoms with E-state index in [-0.39, 0.29) is 11.8 Å². The Labute approximate surface area is 132 Å². The molecule has 23 heavy (non-hydrogen) atoms. The normalized spacial score (nSPS) is 13.5. The molecule has 0 bridgehead atoms. The molecule has 0 atom stereocenters. The molecule has 112 valence electrons. The lowest BCUT2D eigenvalue weighted by Crippen LogP contribution is -2.29. The van der Waals surface area contributed by atoms with Crippen molar-refractivity contribution < 1.29 is 9.59 Å². The van der Waals surface area contributed by atoms with Gasteiger partial charge in [-0.2, -0.15) is 5.10 Å². The van der Waals surface area contributed by atoms with Crippen LogP contribution in [0.25, 0.3) is 11.3 Å². The van der Waals surface area contributed by atoms with Gasteiger partial charge < -0.3 is 0 Å². The lowest BCUT2D eigenvalue weighted by atomic mass is 10.1. The van der Waals surface area contributed by atoms with E-state index in [1.54, 1.807) is 42.1 Å². The van der Waals surface area contributed by atoms with Gasteiger partial charge in [0, 0.05) is 13.1 Å². The van der Waals surface area contributed by atoms with Crippen LogP contribution in [0.5, 0.6) is 0 Å². The van der Waals surface area contributed by atoms with E-state index in [0.29, 0.717) is 16.9 Å². The maximum absolute atomic E-state index is 12.5. The number of amides is 2. The van der Waals surface area contributed by atoms with Gasteiger partial charge in [-0.3, -0.25) is 14.3 Å². The van der Waals surface area contributed by atoms with E-state index in [1.807, 2.05) is 30.3 Å². The third kappa shape index (κ3) is 1.97. The average molecular weight is 303 g/mol. The van der Waals surface area contributed by atoms with Crippen molar-refractivity contribution in [1.29, 1.82) is 0 Å². The fraction of sp³-hybridized carbons (Fsp3) is 0.0556. The number of carbonyl (C=O) groups is 2. The smallest absolute Gasteiger partial charge is 0.267 e. The highest BCUT2D eigenvalue weighted by Crippen LogP contribution is 2.30. The number of hydrogen-bond acceptors (Lipinski definition) is 3. The van der Waals surface area contributed by atoms with E-state index < -0.39 is 0 Å². The highest BCUT2D eigenvalue weighted by Gasteiger charge is 2.37. The highest BCUT2D eigenvalue weighted by molar-refractivity contribution is 6.34. The van der Waals surface area contributed by atoms with E-state index in [1.165, 1.54) is 0 Å². The molecule has 0 saturated heterocycles. The predicted octanol–water partition coefficient (Wildman–Crippen LogP) is 2.89. The van der Waals surface area contributed by atoms with Crippen LogP contribution in [0.3, 0.4) is 0 Å². The molecule has 3 aromatic rings. The van der Waals surface area contributed by atoms with E-state index >= 15 is 0 Å². The summed E-state index contributed by atoms with van der Waals surface area (Å²) in [4.78, 5) is 26.2. The van der Waals surface area contributed by atoms with Gasteiger partial charge in [-0.25, -0.2) is 4.90 Å². The molecule has 1 aliphatic heterocycles. The zero-order chi connectivity index (χ0) is 16.0. The quantitative estimate of drug-likeness (QED) is 0.684. The van der Waals surface area contributed by atoms with Crippen molar-refractivity contribution in [3.8, 4) is 11.3 Å². The summed E-state index contributed by atoms with van der Waals surface area (Å²) in [5, 5.41) is 4.35. The molecule has 0 radical (unpaired) electrons. The Hall–Kier alpha value is -3.21. The van der Waals surface area contributed by atoms with Gasteiger partial charge in [-0.05, 0) is 17.7 Å². The first-order valence-corrected chi connectivity index (χ1v) is 7.24. The van der Waals surface area contributed by atoms with Crippen LogP contribution in [-0.2, 0) is 7.05 Å². The predicted molar refractivity (Wildman–Crippen MR) is 86.2 cm³/mol. The van der Waals surface area contributed by atoms with Crippen LogP contribution in [0.4, 0.5) is 5.82 Å². The highest BCUT2D eigenvalue weighted by atomic mass is 16.2. The molecule has 2 heterocycles. The number of aryl methyl sites for hydroxylation is 1. The molecule has 1 aromatic heterocycles. The number of carbonyl (C=O) groups excluding carboxylic acids is 2. The fourth-order valence-electron chi connectivity index (χ4n) is 2.84. The molecular formula is C18H13N3O2. The minimum Gasteiger partial charge on any atom is -0.268 e. The monoisotopic (exact) mass is 303 g/mol. The second-order valence-electron chi connectivity index (χ2n) is 5.37. The van der Waals surface area contributed by atoms with Crippen LogP contribution in [-0.4, -0.2) is 21.6 Å². The first kappa shape index (κ1) is 13.5. The molecule has 5 nitrogen and oxygen atoms in total. The maximum atomic E-state index is 12.5. The number of nitrogens with zero attached hydrogens (tertiary/aromatic N) is 3. The molecule has 4 rings (SSSR count). The number of aromatic nitrogens is 2. The molecule has 0 N–H and O–H groups in total. The number of anilines is 1. The molecule has 0 spiro atoms. The van der Waals surface area contributed by atoms with Crippen LogP contribution in [0, 0.1) is 0 Å². The Morgan fingerprint density at radius 1 is 0.826 bits per heavy atom. The topological polar surface area (TPSA) is 55.2 Å². The molecular weight excluding hydrogens is 290 g/mol. The van der Waals surface area contributed by atoms with Gasteiger partial charge in [0.05, 0.1) is 16.8 Å². The summed E-state index contributed by atoms with van der Waals surface area (Å²) < 4.78 is 1.67. The van der Waals surface area contributed by atoms with Crippen molar-refractivity contribution in [3.63, 3.8) is 0 Å². The number of rotatable bonds is 2. The number of benzene rings is 2. The second-order valence-corrected chi connectivity index (χ2v) is 5.37. The minimum atomic E-state index is -0.330. The lowest BCUT2D eigenvalue weighted by Gasteiger charge is -2.09. The van der Waals surface area contributed by atoms with Crippen molar-refractivity contribution in [1.82, 2.24) is 9.78 Å². The zero-order valence-corrected chi connectivity index (χ0v) is 12.4.